The molecule has 0 saturated carbocycles. The first kappa shape index (κ1) is 18.4. The van der Waals surface area contributed by atoms with Gasteiger partial charge in [0.15, 0.2) is 0 Å². The molecule has 0 atom stereocenters. The summed E-state index contributed by atoms with van der Waals surface area (Å²) in [6.45, 7) is 6.20. The predicted octanol–water partition coefficient (Wildman–Crippen LogP) is 3.87. The van der Waals surface area contributed by atoms with E-state index in [0.29, 0.717) is 10.9 Å². The second-order valence-electron chi connectivity index (χ2n) is 6.60. The number of sulfone groups is 1. The molecular formula is C22H22O2SSi. The van der Waals surface area contributed by atoms with Crippen molar-refractivity contribution in [2.24, 2.45) is 0 Å². The minimum atomic E-state index is -3.55. The van der Waals surface area contributed by atoms with Crippen LogP contribution in [0.15, 0.2) is 107 Å². The number of hydrogen-bond donors (Lipinski definition) is 0. The third-order valence-corrected chi connectivity index (χ3v) is 11.2. The van der Waals surface area contributed by atoms with E-state index in [1.165, 1.54) is 10.4 Å². The third-order valence-electron chi connectivity index (χ3n) is 4.81. The lowest BCUT2D eigenvalue weighted by atomic mass is 10.4. The summed E-state index contributed by atoms with van der Waals surface area (Å²) >= 11 is 0. The first-order chi connectivity index (χ1) is 12.4. The van der Waals surface area contributed by atoms with Crippen LogP contribution in [-0.4, -0.2) is 16.5 Å². The van der Waals surface area contributed by atoms with Gasteiger partial charge in [-0.2, -0.15) is 0 Å². The van der Waals surface area contributed by atoms with Gasteiger partial charge in [0.2, 0.25) is 9.84 Å². The fourth-order valence-corrected chi connectivity index (χ4v) is 9.10. The number of benzene rings is 3. The third kappa shape index (κ3) is 3.57. The Kier molecular flexibility index (Phi) is 5.25. The summed E-state index contributed by atoms with van der Waals surface area (Å²) in [7, 11) is -5.83. The molecule has 0 radical (unpaired) electrons. The van der Waals surface area contributed by atoms with E-state index in [1.807, 2.05) is 42.5 Å². The van der Waals surface area contributed by atoms with Gasteiger partial charge in [-0.3, -0.25) is 0 Å². The van der Waals surface area contributed by atoms with Crippen LogP contribution in [0, 0.1) is 0 Å². The molecule has 0 amide bonds. The Morgan fingerprint density at radius 3 is 1.58 bits per heavy atom. The largest absolute Gasteiger partial charge is 0.219 e. The normalized spacial score (nSPS) is 11.9. The Hall–Kier alpha value is -2.43. The van der Waals surface area contributed by atoms with Crippen molar-refractivity contribution >= 4 is 28.3 Å². The maximum absolute atomic E-state index is 13.0. The quantitative estimate of drug-likeness (QED) is 0.610. The number of rotatable bonds is 6. The minimum Gasteiger partial charge on any atom is -0.219 e. The van der Waals surface area contributed by atoms with E-state index in [4.69, 9.17) is 0 Å². The first-order valence-corrected chi connectivity index (χ1v) is 12.7. The summed E-state index contributed by atoms with van der Waals surface area (Å²) < 4.78 is 26.0. The summed E-state index contributed by atoms with van der Waals surface area (Å²) in [5.41, 5.74) is 0. The molecule has 3 aromatic rings. The van der Waals surface area contributed by atoms with Crippen molar-refractivity contribution < 1.29 is 8.42 Å². The van der Waals surface area contributed by atoms with Gasteiger partial charge in [0.05, 0.1) is 4.90 Å². The van der Waals surface area contributed by atoms with Crippen LogP contribution < -0.4 is 10.4 Å². The molecule has 0 spiro atoms. The lowest BCUT2D eigenvalue weighted by Gasteiger charge is -2.29. The fourth-order valence-electron chi connectivity index (χ4n) is 3.24. The average molecular weight is 379 g/mol. The Morgan fingerprint density at radius 1 is 0.769 bits per heavy atom. The lowest BCUT2D eigenvalue weighted by Crippen LogP contribution is -2.55. The van der Waals surface area contributed by atoms with Crippen molar-refractivity contribution in [3.63, 3.8) is 0 Å². The molecule has 0 aliphatic rings. The topological polar surface area (TPSA) is 34.1 Å². The van der Waals surface area contributed by atoms with E-state index >= 15 is 0 Å². The monoisotopic (exact) mass is 378 g/mol. The molecule has 0 N–H and O–H groups in total. The smallest absolute Gasteiger partial charge is 0.201 e. The highest BCUT2D eigenvalue weighted by atomic mass is 32.2. The molecule has 4 heteroatoms. The van der Waals surface area contributed by atoms with Crippen LogP contribution in [-0.2, 0) is 9.84 Å². The van der Waals surface area contributed by atoms with Gasteiger partial charge in [0, 0.05) is 4.91 Å². The second-order valence-corrected chi connectivity index (χ2v) is 12.8. The zero-order valence-electron chi connectivity index (χ0n) is 14.8. The van der Waals surface area contributed by atoms with Crippen LogP contribution in [0.5, 0.6) is 0 Å². The first-order valence-electron chi connectivity index (χ1n) is 8.53. The summed E-state index contributed by atoms with van der Waals surface area (Å²) in [4.78, 5) is 0.591. The van der Waals surface area contributed by atoms with E-state index in [9.17, 15) is 8.42 Å². The molecule has 0 fully saturated rings. The molecule has 0 heterocycles. The molecule has 0 unspecified atom stereocenters. The van der Waals surface area contributed by atoms with Crippen molar-refractivity contribution in [1.29, 1.82) is 0 Å². The van der Waals surface area contributed by atoms with Gasteiger partial charge in [-0.1, -0.05) is 102 Å². The summed E-state index contributed by atoms with van der Waals surface area (Å²) in [6, 6.07) is 29.4. The molecule has 0 aromatic heterocycles. The molecule has 0 bridgehead atoms. The van der Waals surface area contributed by atoms with Gasteiger partial charge in [-0.05, 0) is 18.2 Å². The average Bonchev–Trinajstić information content (AvgIpc) is 2.70. The van der Waals surface area contributed by atoms with Crippen molar-refractivity contribution in [3.8, 4) is 0 Å². The zero-order chi connectivity index (χ0) is 18.6. The molecule has 0 aliphatic heterocycles. The second kappa shape index (κ2) is 7.44. The van der Waals surface area contributed by atoms with Crippen molar-refractivity contribution in [2.45, 2.75) is 17.5 Å². The lowest BCUT2D eigenvalue weighted by molar-refractivity contribution is 0.602. The Morgan fingerprint density at radius 2 is 1.15 bits per heavy atom. The highest BCUT2D eigenvalue weighted by Gasteiger charge is 2.35. The fraction of sp³-hybridized carbons (Fsp3) is 0.0909. The summed E-state index contributed by atoms with van der Waals surface area (Å²) in [6.07, 6.45) is 0. The SMILES string of the molecule is C=C(C[Si](C)(c1ccccc1)c1ccccc1)S(=O)(=O)c1ccccc1. The molecular weight excluding hydrogens is 356 g/mol. The number of hydrogen-bond acceptors (Lipinski definition) is 2. The van der Waals surface area contributed by atoms with Crippen molar-refractivity contribution in [3.05, 3.63) is 102 Å². The minimum absolute atomic E-state index is 0.283. The van der Waals surface area contributed by atoms with Crippen LogP contribution in [0.3, 0.4) is 0 Å². The molecule has 2 nitrogen and oxygen atoms in total. The Labute approximate surface area is 156 Å². The highest BCUT2D eigenvalue weighted by molar-refractivity contribution is 7.95. The van der Waals surface area contributed by atoms with Crippen LogP contribution >= 0.6 is 0 Å². The van der Waals surface area contributed by atoms with E-state index in [2.05, 4.69) is 37.4 Å². The van der Waals surface area contributed by atoms with Crippen LogP contribution in [0.2, 0.25) is 12.6 Å². The predicted molar refractivity (Wildman–Crippen MR) is 111 cm³/mol. The highest BCUT2D eigenvalue weighted by Crippen LogP contribution is 2.25. The molecule has 0 aliphatic carbocycles. The summed E-state index contributed by atoms with van der Waals surface area (Å²) in [5, 5.41) is 2.41. The van der Waals surface area contributed by atoms with Crippen LogP contribution in [0.1, 0.15) is 0 Å². The van der Waals surface area contributed by atoms with E-state index in [0.717, 1.165) is 0 Å². The summed E-state index contributed by atoms with van der Waals surface area (Å²) in [5.74, 6) is 0. The van der Waals surface area contributed by atoms with Gasteiger partial charge in [-0.15, -0.1) is 0 Å². The maximum Gasteiger partial charge on any atom is 0.201 e. The van der Waals surface area contributed by atoms with Crippen molar-refractivity contribution in [2.75, 3.05) is 0 Å². The molecule has 3 aromatic carbocycles. The van der Waals surface area contributed by atoms with Gasteiger partial charge in [0.25, 0.3) is 0 Å². The van der Waals surface area contributed by atoms with Crippen LogP contribution in [0.4, 0.5) is 0 Å². The van der Waals surface area contributed by atoms with E-state index in [1.54, 1.807) is 24.3 Å². The van der Waals surface area contributed by atoms with E-state index in [-0.39, 0.29) is 4.91 Å². The van der Waals surface area contributed by atoms with Crippen LogP contribution in [0.25, 0.3) is 0 Å². The standard InChI is InChI=1S/C22H22O2SSi/c1-19(25(23,24)20-12-6-3-7-13-20)18-26(2,21-14-8-4-9-15-21)22-16-10-5-11-17-22/h3-17H,1,18H2,2H3. The van der Waals surface area contributed by atoms with Gasteiger partial charge < -0.3 is 0 Å². The molecule has 3 rings (SSSR count). The molecule has 26 heavy (non-hydrogen) atoms. The number of allylic oxidation sites excluding steroid dienone is 1. The van der Waals surface area contributed by atoms with Crippen molar-refractivity contribution in [1.82, 2.24) is 0 Å². The molecule has 132 valence electrons. The van der Waals surface area contributed by atoms with Gasteiger partial charge >= 0.3 is 0 Å². The Balaban J connectivity index is 2.04. The van der Waals surface area contributed by atoms with Gasteiger partial charge in [-0.25, -0.2) is 8.42 Å². The maximum atomic E-state index is 13.0. The Bertz CT molecular complexity index is 943. The van der Waals surface area contributed by atoms with Gasteiger partial charge in [0.1, 0.15) is 8.07 Å². The molecule has 0 saturated heterocycles. The zero-order valence-corrected chi connectivity index (χ0v) is 16.6. The van der Waals surface area contributed by atoms with E-state index < -0.39 is 17.9 Å².